The van der Waals surface area contributed by atoms with E-state index in [1.54, 1.807) is 37.8 Å². The summed E-state index contributed by atoms with van der Waals surface area (Å²) in [4.78, 5) is 7.61. The second kappa shape index (κ2) is 9.54. The number of ether oxygens (including phenoxy) is 1. The monoisotopic (exact) mass is 506 g/mol. The molecule has 0 fully saturated rings. The van der Waals surface area contributed by atoms with Crippen LogP contribution in [0.2, 0.25) is 5.02 Å². The lowest BCUT2D eigenvalue weighted by atomic mass is 9.91. The number of aliphatic hydroxyl groups is 1. The first-order valence-corrected chi connectivity index (χ1v) is 11.5. The first kappa shape index (κ1) is 25.1. The van der Waals surface area contributed by atoms with Gasteiger partial charge in [0.1, 0.15) is 17.2 Å². The Morgan fingerprint density at radius 2 is 2.03 bits per heavy atom. The standard InChI is InChI=1S/C25H26ClF3N4O2/c1-5-19-17(11-33(32-19)12-25(3,4)34)14-8-15-16(10-31-23(15)30-9-14)13(2)21-20(35-24(28)29)7-6-18(27)22(21)26/h6-11,13,24,34H,5,12H2,1-4H3,(H,30,31). The van der Waals surface area contributed by atoms with Gasteiger partial charge in [-0.15, -0.1) is 0 Å². The van der Waals surface area contributed by atoms with E-state index in [0.717, 1.165) is 34.3 Å². The molecular formula is C25H26ClF3N4O2. The average Bonchev–Trinajstić information content (AvgIpc) is 3.37. The van der Waals surface area contributed by atoms with Crippen molar-refractivity contribution in [1.82, 2.24) is 19.7 Å². The molecular weight excluding hydrogens is 481 g/mol. The quantitative estimate of drug-likeness (QED) is 0.294. The lowest BCUT2D eigenvalue weighted by molar-refractivity contribution is -0.0505. The Morgan fingerprint density at radius 1 is 1.29 bits per heavy atom. The highest BCUT2D eigenvalue weighted by molar-refractivity contribution is 6.31. The number of H-pyrrole nitrogens is 1. The molecule has 6 nitrogen and oxygen atoms in total. The van der Waals surface area contributed by atoms with E-state index in [0.29, 0.717) is 24.2 Å². The number of alkyl halides is 2. The number of pyridine rings is 1. The van der Waals surface area contributed by atoms with Gasteiger partial charge in [-0.3, -0.25) is 4.68 Å². The van der Waals surface area contributed by atoms with E-state index in [1.165, 1.54) is 0 Å². The van der Waals surface area contributed by atoms with E-state index in [9.17, 15) is 18.3 Å². The highest BCUT2D eigenvalue weighted by Crippen LogP contribution is 2.41. The Hall–Kier alpha value is -3.04. The lowest BCUT2D eigenvalue weighted by Gasteiger charge is -2.18. The van der Waals surface area contributed by atoms with E-state index in [4.69, 9.17) is 11.6 Å². The molecule has 4 aromatic rings. The number of aryl methyl sites for hydroxylation is 1. The molecule has 0 saturated carbocycles. The molecule has 3 heterocycles. The van der Waals surface area contributed by atoms with Gasteiger partial charge in [0, 0.05) is 46.6 Å². The van der Waals surface area contributed by atoms with Crippen LogP contribution in [0.1, 0.15) is 50.4 Å². The van der Waals surface area contributed by atoms with E-state index in [2.05, 4.69) is 19.8 Å². The predicted molar refractivity (Wildman–Crippen MR) is 129 cm³/mol. The van der Waals surface area contributed by atoms with Crippen LogP contribution in [0, 0.1) is 5.82 Å². The van der Waals surface area contributed by atoms with Crippen LogP contribution >= 0.6 is 11.6 Å². The average molecular weight is 507 g/mol. The SMILES string of the molecule is CCc1nn(CC(C)(C)O)cc1-c1cnc2[nH]cc(C(C)c3c(OC(F)F)ccc(F)c3Cl)c2c1. The molecule has 3 aromatic heterocycles. The fourth-order valence-corrected chi connectivity index (χ4v) is 4.60. The van der Waals surface area contributed by atoms with Crippen LogP contribution in [0.25, 0.3) is 22.2 Å². The van der Waals surface area contributed by atoms with Gasteiger partial charge in [0.2, 0.25) is 0 Å². The third-order valence-electron chi connectivity index (χ3n) is 5.80. The summed E-state index contributed by atoms with van der Waals surface area (Å²) in [5.74, 6) is -1.49. The van der Waals surface area contributed by atoms with E-state index in [1.807, 2.05) is 19.2 Å². The minimum absolute atomic E-state index is 0.130. The summed E-state index contributed by atoms with van der Waals surface area (Å²) in [6, 6.07) is 4.08. The number of hydrogen-bond donors (Lipinski definition) is 2. The van der Waals surface area contributed by atoms with Gasteiger partial charge in [0.15, 0.2) is 0 Å². The maximum atomic E-state index is 14.3. The van der Waals surface area contributed by atoms with Crippen molar-refractivity contribution in [2.75, 3.05) is 0 Å². The van der Waals surface area contributed by atoms with Crippen molar-refractivity contribution < 1.29 is 23.0 Å². The molecule has 1 unspecified atom stereocenters. The zero-order valence-corrected chi connectivity index (χ0v) is 20.5. The van der Waals surface area contributed by atoms with Crippen molar-refractivity contribution in [3.05, 3.63) is 64.5 Å². The Balaban J connectivity index is 1.80. The van der Waals surface area contributed by atoms with Gasteiger partial charge in [0.05, 0.1) is 22.9 Å². The molecule has 186 valence electrons. The van der Waals surface area contributed by atoms with Gasteiger partial charge in [-0.25, -0.2) is 9.37 Å². The number of rotatable bonds is 8. The van der Waals surface area contributed by atoms with Gasteiger partial charge in [0.25, 0.3) is 0 Å². The van der Waals surface area contributed by atoms with Crippen molar-refractivity contribution in [2.45, 2.75) is 58.8 Å². The van der Waals surface area contributed by atoms with Crippen LogP contribution in [-0.4, -0.2) is 37.1 Å². The van der Waals surface area contributed by atoms with Crippen molar-refractivity contribution in [1.29, 1.82) is 0 Å². The van der Waals surface area contributed by atoms with Crippen LogP contribution < -0.4 is 4.74 Å². The predicted octanol–water partition coefficient (Wildman–Crippen LogP) is 6.31. The molecule has 35 heavy (non-hydrogen) atoms. The van der Waals surface area contributed by atoms with Crippen LogP contribution in [0.15, 0.2) is 36.8 Å². The van der Waals surface area contributed by atoms with Crippen molar-refractivity contribution >= 4 is 22.6 Å². The molecule has 0 spiro atoms. The minimum Gasteiger partial charge on any atom is -0.434 e. The molecule has 1 atom stereocenters. The van der Waals surface area contributed by atoms with E-state index >= 15 is 0 Å². The van der Waals surface area contributed by atoms with Crippen LogP contribution in [0.5, 0.6) is 5.75 Å². The van der Waals surface area contributed by atoms with Crippen molar-refractivity contribution in [3.63, 3.8) is 0 Å². The molecule has 0 bridgehead atoms. The highest BCUT2D eigenvalue weighted by Gasteiger charge is 2.25. The molecule has 0 radical (unpaired) electrons. The molecule has 10 heteroatoms. The minimum atomic E-state index is -3.08. The third-order valence-corrected chi connectivity index (χ3v) is 6.19. The van der Waals surface area contributed by atoms with Crippen LogP contribution in [0.4, 0.5) is 13.2 Å². The highest BCUT2D eigenvalue weighted by atomic mass is 35.5. The Kier molecular flexibility index (Phi) is 6.83. The molecule has 4 rings (SSSR count). The van der Waals surface area contributed by atoms with Crippen LogP contribution in [0.3, 0.4) is 0 Å². The number of nitrogens with one attached hydrogen (secondary N) is 1. The maximum absolute atomic E-state index is 14.3. The Morgan fingerprint density at radius 3 is 2.69 bits per heavy atom. The van der Waals surface area contributed by atoms with Crippen LogP contribution in [-0.2, 0) is 13.0 Å². The largest absolute Gasteiger partial charge is 0.434 e. The lowest BCUT2D eigenvalue weighted by Crippen LogP contribution is -2.26. The molecule has 0 saturated heterocycles. The number of halogens is 4. The van der Waals surface area contributed by atoms with Gasteiger partial charge in [-0.2, -0.15) is 13.9 Å². The number of fused-ring (bicyclic) bond motifs is 1. The second-order valence-electron chi connectivity index (χ2n) is 9.09. The summed E-state index contributed by atoms with van der Waals surface area (Å²) >= 11 is 6.21. The first-order chi connectivity index (χ1) is 16.5. The molecule has 0 amide bonds. The molecule has 0 aliphatic heterocycles. The Bertz CT molecular complexity index is 1360. The van der Waals surface area contributed by atoms with Gasteiger partial charge < -0.3 is 14.8 Å². The molecule has 0 aliphatic rings. The zero-order chi connectivity index (χ0) is 25.5. The molecule has 0 aliphatic carbocycles. The molecule has 1 aromatic carbocycles. The normalized spacial score (nSPS) is 13.1. The number of aromatic amines is 1. The van der Waals surface area contributed by atoms with Gasteiger partial charge in [-0.05, 0) is 44.0 Å². The molecule has 2 N–H and O–H groups in total. The first-order valence-electron chi connectivity index (χ1n) is 11.2. The number of aromatic nitrogens is 4. The number of hydrogen-bond acceptors (Lipinski definition) is 4. The summed E-state index contributed by atoms with van der Waals surface area (Å²) in [6.45, 7) is 4.41. The fourth-order valence-electron chi connectivity index (χ4n) is 4.28. The number of nitrogens with zero attached hydrogens (tertiary/aromatic N) is 3. The topological polar surface area (TPSA) is 76.0 Å². The van der Waals surface area contributed by atoms with Crippen molar-refractivity contribution in [3.8, 4) is 16.9 Å². The summed E-state index contributed by atoms with van der Waals surface area (Å²) in [6.07, 6.45) is 5.97. The van der Waals surface area contributed by atoms with Gasteiger partial charge >= 0.3 is 6.61 Å². The zero-order valence-electron chi connectivity index (χ0n) is 19.7. The summed E-state index contributed by atoms with van der Waals surface area (Å²) < 4.78 is 46.6. The van der Waals surface area contributed by atoms with Gasteiger partial charge in [-0.1, -0.05) is 25.4 Å². The van der Waals surface area contributed by atoms with Crippen molar-refractivity contribution in [2.24, 2.45) is 0 Å². The summed E-state index contributed by atoms with van der Waals surface area (Å²) in [7, 11) is 0. The summed E-state index contributed by atoms with van der Waals surface area (Å²) in [5, 5.41) is 15.2. The third kappa shape index (κ3) is 5.16. The Labute approximate surface area is 205 Å². The maximum Gasteiger partial charge on any atom is 0.387 e. The summed E-state index contributed by atoms with van der Waals surface area (Å²) in [5.41, 5.74) is 3.01. The number of benzene rings is 1. The van der Waals surface area contributed by atoms with E-state index < -0.39 is 23.9 Å². The smallest absolute Gasteiger partial charge is 0.387 e. The fraction of sp³-hybridized carbons (Fsp3) is 0.360. The van der Waals surface area contributed by atoms with E-state index in [-0.39, 0.29) is 16.3 Å². The second-order valence-corrected chi connectivity index (χ2v) is 9.47.